The summed E-state index contributed by atoms with van der Waals surface area (Å²) in [7, 11) is -1.29. The van der Waals surface area contributed by atoms with Crippen molar-refractivity contribution < 1.29 is 23.9 Å². The van der Waals surface area contributed by atoms with Crippen molar-refractivity contribution in [2.75, 3.05) is 18.6 Å². The standard InChI is InChI=1S/C31H45NO5SSi/c1-22-12-9-10-14-24(22)28-23(16-17-27(33)36-19-21-39(6,7)8)13-11-15-25(28)29(34)32-26(18-20-38-5)30(35)37-31(2,3)4/h9-15,26H,16-21H2,1-8H3,(H,32,34)/t26-/m0/s1. The lowest BCUT2D eigenvalue weighted by molar-refractivity contribution is -0.157. The largest absolute Gasteiger partial charge is 0.466 e. The third-order valence-corrected chi connectivity index (χ3v) is 8.48. The van der Waals surface area contributed by atoms with E-state index in [9.17, 15) is 14.4 Å². The normalized spacial score (nSPS) is 12.5. The fourth-order valence-electron chi connectivity index (χ4n) is 4.04. The molecular formula is C31H45NO5SSi. The molecule has 6 nitrogen and oxygen atoms in total. The zero-order valence-corrected chi connectivity index (χ0v) is 26.6. The summed E-state index contributed by atoms with van der Waals surface area (Å²) in [4.78, 5) is 39.2. The molecule has 0 aromatic heterocycles. The molecule has 0 aliphatic carbocycles. The van der Waals surface area contributed by atoms with E-state index in [1.165, 1.54) is 0 Å². The Morgan fingerprint density at radius 1 is 1.03 bits per heavy atom. The number of benzene rings is 2. The third-order valence-electron chi connectivity index (χ3n) is 6.13. The highest BCUT2D eigenvalue weighted by Crippen LogP contribution is 2.32. The van der Waals surface area contributed by atoms with Crippen LogP contribution in [-0.4, -0.2) is 56.2 Å². The smallest absolute Gasteiger partial charge is 0.329 e. The van der Waals surface area contributed by atoms with Crippen LogP contribution in [0.3, 0.4) is 0 Å². The van der Waals surface area contributed by atoms with E-state index in [0.29, 0.717) is 30.8 Å². The Morgan fingerprint density at radius 3 is 2.33 bits per heavy atom. The van der Waals surface area contributed by atoms with Crippen molar-refractivity contribution in [1.29, 1.82) is 0 Å². The maximum Gasteiger partial charge on any atom is 0.329 e. The van der Waals surface area contributed by atoms with Gasteiger partial charge in [-0.25, -0.2) is 4.79 Å². The molecule has 0 unspecified atom stereocenters. The second kappa shape index (κ2) is 14.7. The van der Waals surface area contributed by atoms with Crippen molar-refractivity contribution in [1.82, 2.24) is 5.32 Å². The first-order valence-corrected chi connectivity index (χ1v) is 18.7. The van der Waals surface area contributed by atoms with Gasteiger partial charge in [0, 0.05) is 20.1 Å². The molecule has 1 N–H and O–H groups in total. The number of esters is 2. The highest BCUT2D eigenvalue weighted by molar-refractivity contribution is 7.98. The Hall–Kier alpha value is -2.58. The highest BCUT2D eigenvalue weighted by Gasteiger charge is 2.28. The summed E-state index contributed by atoms with van der Waals surface area (Å²) in [5, 5.41) is 2.94. The van der Waals surface area contributed by atoms with Gasteiger partial charge < -0.3 is 14.8 Å². The lowest BCUT2D eigenvalue weighted by Crippen LogP contribution is -2.44. The van der Waals surface area contributed by atoms with Gasteiger partial charge in [-0.2, -0.15) is 11.8 Å². The molecule has 39 heavy (non-hydrogen) atoms. The molecule has 0 saturated heterocycles. The second-order valence-electron chi connectivity index (χ2n) is 12.0. The number of hydrogen-bond acceptors (Lipinski definition) is 6. The van der Waals surface area contributed by atoms with Crippen LogP contribution in [-0.2, 0) is 25.5 Å². The van der Waals surface area contributed by atoms with E-state index >= 15 is 0 Å². The Morgan fingerprint density at radius 2 is 1.72 bits per heavy atom. The van der Waals surface area contributed by atoms with Crippen LogP contribution in [0.4, 0.5) is 0 Å². The SMILES string of the molecule is CSCC[C@H](NC(=O)c1cccc(CCC(=O)OCC[Si](C)(C)C)c1-c1ccccc1C)C(=O)OC(C)(C)C. The van der Waals surface area contributed by atoms with Crippen LogP contribution in [0.5, 0.6) is 0 Å². The topological polar surface area (TPSA) is 81.7 Å². The summed E-state index contributed by atoms with van der Waals surface area (Å²) >= 11 is 1.61. The Kier molecular flexibility index (Phi) is 12.3. The predicted molar refractivity (Wildman–Crippen MR) is 164 cm³/mol. The van der Waals surface area contributed by atoms with Crippen LogP contribution in [0.1, 0.15) is 55.1 Å². The lowest BCUT2D eigenvalue weighted by atomic mass is 9.89. The van der Waals surface area contributed by atoms with Crippen LogP contribution >= 0.6 is 11.8 Å². The maximum atomic E-state index is 13.7. The second-order valence-corrected chi connectivity index (χ2v) is 18.6. The van der Waals surface area contributed by atoms with Gasteiger partial charge in [-0.05, 0) is 86.9 Å². The first-order chi connectivity index (χ1) is 18.2. The van der Waals surface area contributed by atoms with Crippen molar-refractivity contribution >= 4 is 37.7 Å². The number of rotatable bonds is 13. The monoisotopic (exact) mass is 571 g/mol. The van der Waals surface area contributed by atoms with Crippen molar-refractivity contribution in [3.05, 3.63) is 59.2 Å². The van der Waals surface area contributed by atoms with Gasteiger partial charge in [-0.15, -0.1) is 0 Å². The quantitative estimate of drug-likeness (QED) is 0.214. The van der Waals surface area contributed by atoms with Gasteiger partial charge in [0.15, 0.2) is 0 Å². The fourth-order valence-corrected chi connectivity index (χ4v) is 5.23. The van der Waals surface area contributed by atoms with Gasteiger partial charge in [-0.3, -0.25) is 9.59 Å². The maximum absolute atomic E-state index is 13.7. The van der Waals surface area contributed by atoms with E-state index in [1.807, 2.05) is 70.3 Å². The molecule has 0 aliphatic heterocycles. The molecule has 0 saturated carbocycles. The lowest BCUT2D eigenvalue weighted by Gasteiger charge is -2.25. The van der Waals surface area contributed by atoms with E-state index < -0.39 is 25.7 Å². The first kappa shape index (κ1) is 32.6. The van der Waals surface area contributed by atoms with Gasteiger partial charge in [0.05, 0.1) is 6.61 Å². The van der Waals surface area contributed by atoms with Gasteiger partial charge in [-0.1, -0.05) is 56.0 Å². The minimum absolute atomic E-state index is 0.226. The zero-order chi connectivity index (χ0) is 29.2. The molecule has 2 aromatic rings. The first-order valence-electron chi connectivity index (χ1n) is 13.6. The van der Waals surface area contributed by atoms with E-state index in [1.54, 1.807) is 17.8 Å². The fraction of sp³-hybridized carbons (Fsp3) is 0.516. The van der Waals surface area contributed by atoms with Crippen LogP contribution in [0.2, 0.25) is 25.7 Å². The molecule has 2 aromatic carbocycles. The number of aryl methyl sites for hydroxylation is 2. The van der Waals surface area contributed by atoms with Crippen molar-refractivity contribution in [2.24, 2.45) is 0 Å². The molecule has 0 radical (unpaired) electrons. The summed E-state index contributed by atoms with van der Waals surface area (Å²) in [6.45, 7) is 14.6. The molecule has 8 heteroatoms. The summed E-state index contributed by atoms with van der Waals surface area (Å²) in [5.41, 5.74) is 3.40. The number of carbonyl (C=O) groups excluding carboxylic acids is 3. The third kappa shape index (κ3) is 11.2. The van der Waals surface area contributed by atoms with Gasteiger partial charge in [0.25, 0.3) is 5.91 Å². The predicted octanol–water partition coefficient (Wildman–Crippen LogP) is 6.67. The summed E-state index contributed by atoms with van der Waals surface area (Å²) in [6, 6.07) is 13.6. The molecular weight excluding hydrogens is 526 g/mol. The van der Waals surface area contributed by atoms with Crippen LogP contribution in [0.15, 0.2) is 42.5 Å². The van der Waals surface area contributed by atoms with Gasteiger partial charge >= 0.3 is 11.9 Å². The molecule has 2 rings (SSSR count). The van der Waals surface area contributed by atoms with E-state index in [2.05, 4.69) is 25.0 Å². The minimum atomic E-state index is -1.29. The number of amides is 1. The minimum Gasteiger partial charge on any atom is -0.466 e. The van der Waals surface area contributed by atoms with Crippen LogP contribution in [0, 0.1) is 6.92 Å². The molecule has 1 atom stereocenters. The summed E-state index contributed by atoms with van der Waals surface area (Å²) in [5.74, 6) is -0.320. The number of hydrogen-bond donors (Lipinski definition) is 1. The number of nitrogens with one attached hydrogen (secondary N) is 1. The zero-order valence-electron chi connectivity index (χ0n) is 24.8. The van der Waals surface area contributed by atoms with Gasteiger partial charge in [0.2, 0.25) is 0 Å². The van der Waals surface area contributed by atoms with Crippen molar-refractivity contribution in [3.8, 4) is 11.1 Å². The molecule has 0 aliphatic rings. The van der Waals surface area contributed by atoms with E-state index in [-0.39, 0.29) is 18.3 Å². The Labute approximate surface area is 239 Å². The Balaban J connectivity index is 2.36. The number of ether oxygens (including phenoxy) is 2. The molecule has 0 heterocycles. The van der Waals surface area contributed by atoms with Crippen LogP contribution in [0.25, 0.3) is 11.1 Å². The molecule has 0 fully saturated rings. The molecule has 0 bridgehead atoms. The number of carbonyl (C=O) groups is 3. The van der Waals surface area contributed by atoms with Crippen molar-refractivity contribution in [3.63, 3.8) is 0 Å². The van der Waals surface area contributed by atoms with Gasteiger partial charge in [0.1, 0.15) is 11.6 Å². The molecule has 0 spiro atoms. The van der Waals surface area contributed by atoms with E-state index in [4.69, 9.17) is 9.47 Å². The summed E-state index contributed by atoms with van der Waals surface area (Å²) < 4.78 is 11.1. The van der Waals surface area contributed by atoms with Crippen LogP contribution < -0.4 is 5.32 Å². The summed E-state index contributed by atoms with van der Waals surface area (Å²) in [6.07, 6.45) is 3.09. The van der Waals surface area contributed by atoms with Crippen molar-refractivity contribution in [2.45, 2.75) is 84.3 Å². The molecule has 1 amide bonds. The average molecular weight is 572 g/mol. The molecule has 214 valence electrons. The highest BCUT2D eigenvalue weighted by atomic mass is 32.2. The van der Waals surface area contributed by atoms with E-state index in [0.717, 1.165) is 28.3 Å². The Bertz CT molecular complexity index is 1140. The number of thioether (sulfide) groups is 1. The average Bonchev–Trinajstić information content (AvgIpc) is 2.83.